The Kier molecular flexibility index (Phi) is 5.00. The summed E-state index contributed by atoms with van der Waals surface area (Å²) >= 11 is 0. The summed E-state index contributed by atoms with van der Waals surface area (Å²) in [5.74, 6) is 1.61. The summed E-state index contributed by atoms with van der Waals surface area (Å²) in [6.45, 7) is 3.39. The van der Waals surface area contributed by atoms with Crippen molar-refractivity contribution < 1.29 is 19.1 Å². The molecular formula is C20H23N3O4. The summed E-state index contributed by atoms with van der Waals surface area (Å²) in [4.78, 5) is 31.6. The predicted molar refractivity (Wildman–Crippen MR) is 98.8 cm³/mol. The van der Waals surface area contributed by atoms with Crippen molar-refractivity contribution in [2.75, 3.05) is 39.4 Å². The maximum Gasteiger partial charge on any atom is 0.227 e. The van der Waals surface area contributed by atoms with Crippen LogP contribution in [0.25, 0.3) is 0 Å². The van der Waals surface area contributed by atoms with E-state index in [9.17, 15) is 9.59 Å². The van der Waals surface area contributed by atoms with Crippen molar-refractivity contribution in [3.63, 3.8) is 0 Å². The lowest BCUT2D eigenvalue weighted by molar-refractivity contribution is -0.138. The minimum atomic E-state index is 0.0735. The Balaban J connectivity index is 1.29. The van der Waals surface area contributed by atoms with E-state index in [4.69, 9.17) is 9.47 Å². The molecule has 1 aromatic heterocycles. The molecule has 1 aromatic carbocycles. The summed E-state index contributed by atoms with van der Waals surface area (Å²) in [5, 5.41) is 0. The number of aromatic amines is 1. The zero-order chi connectivity index (χ0) is 18.6. The maximum atomic E-state index is 12.6. The van der Waals surface area contributed by atoms with Crippen molar-refractivity contribution in [1.82, 2.24) is 14.8 Å². The summed E-state index contributed by atoms with van der Waals surface area (Å²) in [6, 6.07) is 7.55. The van der Waals surface area contributed by atoms with Gasteiger partial charge in [-0.25, -0.2) is 0 Å². The fourth-order valence-electron chi connectivity index (χ4n) is 3.44. The number of amides is 2. The number of aromatic nitrogens is 1. The molecule has 27 heavy (non-hydrogen) atoms. The molecule has 0 saturated carbocycles. The number of nitrogens with one attached hydrogen (secondary N) is 1. The van der Waals surface area contributed by atoms with Crippen LogP contribution in [0.2, 0.25) is 0 Å². The van der Waals surface area contributed by atoms with Gasteiger partial charge in [-0.05, 0) is 29.3 Å². The summed E-state index contributed by atoms with van der Waals surface area (Å²) in [7, 11) is 0. The fraction of sp³-hybridized carbons (Fsp3) is 0.400. The van der Waals surface area contributed by atoms with E-state index in [-0.39, 0.29) is 11.8 Å². The van der Waals surface area contributed by atoms with E-state index in [0.717, 1.165) is 16.9 Å². The van der Waals surface area contributed by atoms with Gasteiger partial charge in [-0.1, -0.05) is 6.07 Å². The van der Waals surface area contributed by atoms with E-state index < -0.39 is 0 Å². The number of ether oxygens (including phenoxy) is 2. The van der Waals surface area contributed by atoms with Crippen LogP contribution in [-0.4, -0.2) is 66.0 Å². The first-order chi connectivity index (χ1) is 13.2. The van der Waals surface area contributed by atoms with Gasteiger partial charge in [0.15, 0.2) is 11.5 Å². The van der Waals surface area contributed by atoms with Crippen LogP contribution in [0.15, 0.2) is 36.7 Å². The Labute approximate surface area is 157 Å². The van der Waals surface area contributed by atoms with Gasteiger partial charge in [0.05, 0.1) is 12.8 Å². The van der Waals surface area contributed by atoms with Crippen molar-refractivity contribution in [3.8, 4) is 11.5 Å². The molecule has 1 N–H and O–H groups in total. The predicted octanol–water partition coefficient (Wildman–Crippen LogP) is 1.24. The monoisotopic (exact) mass is 369 g/mol. The van der Waals surface area contributed by atoms with Crippen molar-refractivity contribution in [3.05, 3.63) is 47.8 Å². The van der Waals surface area contributed by atoms with Crippen LogP contribution in [-0.2, 0) is 22.4 Å². The molecular weight excluding hydrogens is 346 g/mol. The van der Waals surface area contributed by atoms with E-state index in [1.54, 1.807) is 0 Å². The lowest BCUT2D eigenvalue weighted by Gasteiger charge is -2.35. The highest BCUT2D eigenvalue weighted by molar-refractivity contribution is 5.81. The van der Waals surface area contributed by atoms with E-state index in [1.807, 2.05) is 46.5 Å². The second-order valence-corrected chi connectivity index (χ2v) is 6.81. The number of carbonyl (C=O) groups excluding carboxylic acids is 2. The summed E-state index contributed by atoms with van der Waals surface area (Å²) < 4.78 is 11.1. The van der Waals surface area contributed by atoms with Crippen LogP contribution in [0.3, 0.4) is 0 Å². The summed E-state index contributed by atoms with van der Waals surface area (Å²) in [6.07, 6.45) is 4.38. The first-order valence-corrected chi connectivity index (χ1v) is 9.25. The van der Waals surface area contributed by atoms with Crippen LogP contribution in [0.1, 0.15) is 11.1 Å². The third-order valence-electron chi connectivity index (χ3n) is 4.96. The first kappa shape index (κ1) is 17.5. The lowest BCUT2D eigenvalue weighted by Crippen LogP contribution is -2.51. The number of rotatable bonds is 4. The molecule has 2 aliphatic rings. The van der Waals surface area contributed by atoms with E-state index in [0.29, 0.717) is 58.0 Å². The maximum absolute atomic E-state index is 12.6. The summed E-state index contributed by atoms with van der Waals surface area (Å²) in [5.41, 5.74) is 1.90. The standard InChI is InChI=1S/C20H23N3O4/c24-19(12-15-1-2-17-18(11-15)27-10-9-26-17)22-5-7-23(8-6-22)20(25)13-16-3-4-21-14-16/h1-4,11,14,21H,5-10,12-13H2. The number of H-pyrrole nitrogens is 1. The molecule has 2 aromatic rings. The Morgan fingerprint density at radius 2 is 1.48 bits per heavy atom. The zero-order valence-electron chi connectivity index (χ0n) is 15.1. The number of hydrogen-bond donors (Lipinski definition) is 1. The van der Waals surface area contributed by atoms with E-state index >= 15 is 0 Å². The van der Waals surface area contributed by atoms with Crippen molar-refractivity contribution in [2.45, 2.75) is 12.8 Å². The molecule has 3 heterocycles. The number of piperazine rings is 1. The third kappa shape index (κ3) is 4.07. The fourth-order valence-corrected chi connectivity index (χ4v) is 3.44. The largest absolute Gasteiger partial charge is 0.486 e. The van der Waals surface area contributed by atoms with Gasteiger partial charge >= 0.3 is 0 Å². The Morgan fingerprint density at radius 3 is 2.11 bits per heavy atom. The highest BCUT2D eigenvalue weighted by Gasteiger charge is 2.24. The average Bonchev–Trinajstić information content (AvgIpc) is 3.21. The molecule has 0 bridgehead atoms. The number of carbonyl (C=O) groups is 2. The molecule has 0 spiro atoms. The molecule has 4 rings (SSSR count). The van der Waals surface area contributed by atoms with Crippen LogP contribution in [0.4, 0.5) is 0 Å². The Bertz CT molecular complexity index is 811. The second kappa shape index (κ2) is 7.73. The van der Waals surface area contributed by atoms with Crippen LogP contribution in [0.5, 0.6) is 11.5 Å². The highest BCUT2D eigenvalue weighted by Crippen LogP contribution is 2.31. The number of fused-ring (bicyclic) bond motifs is 1. The quantitative estimate of drug-likeness (QED) is 0.880. The molecule has 7 nitrogen and oxygen atoms in total. The smallest absolute Gasteiger partial charge is 0.227 e. The normalized spacial score (nSPS) is 16.3. The van der Waals surface area contributed by atoms with Crippen LogP contribution >= 0.6 is 0 Å². The number of benzene rings is 1. The molecule has 0 radical (unpaired) electrons. The molecule has 2 amide bonds. The minimum absolute atomic E-state index is 0.0735. The Hall–Kier alpha value is -2.96. The molecule has 0 unspecified atom stereocenters. The van der Waals surface area contributed by atoms with Crippen molar-refractivity contribution >= 4 is 11.8 Å². The van der Waals surface area contributed by atoms with Gasteiger partial charge in [-0.15, -0.1) is 0 Å². The first-order valence-electron chi connectivity index (χ1n) is 9.25. The van der Waals surface area contributed by atoms with Gasteiger partial charge in [0.25, 0.3) is 0 Å². The van der Waals surface area contributed by atoms with E-state index in [1.165, 1.54) is 0 Å². The molecule has 1 saturated heterocycles. The average molecular weight is 369 g/mol. The van der Waals surface area contributed by atoms with E-state index in [2.05, 4.69) is 4.98 Å². The molecule has 0 aliphatic carbocycles. The number of nitrogens with zero attached hydrogens (tertiary/aromatic N) is 2. The molecule has 142 valence electrons. The second-order valence-electron chi connectivity index (χ2n) is 6.81. The van der Waals surface area contributed by atoms with Gasteiger partial charge in [0.2, 0.25) is 11.8 Å². The van der Waals surface area contributed by atoms with Crippen LogP contribution < -0.4 is 9.47 Å². The van der Waals surface area contributed by atoms with Crippen LogP contribution in [0, 0.1) is 0 Å². The van der Waals surface area contributed by atoms with Crippen molar-refractivity contribution in [1.29, 1.82) is 0 Å². The Morgan fingerprint density at radius 1 is 0.852 bits per heavy atom. The topological polar surface area (TPSA) is 74.9 Å². The molecule has 1 fully saturated rings. The van der Waals surface area contributed by atoms with Gasteiger partial charge in [0.1, 0.15) is 13.2 Å². The highest BCUT2D eigenvalue weighted by atomic mass is 16.6. The molecule has 2 aliphatic heterocycles. The SMILES string of the molecule is O=C(Cc1cc[nH]c1)N1CCN(C(=O)Cc2ccc3c(c2)OCCO3)CC1. The van der Waals surface area contributed by atoms with Gasteiger partial charge in [0, 0.05) is 38.6 Å². The number of hydrogen-bond acceptors (Lipinski definition) is 4. The van der Waals surface area contributed by atoms with Gasteiger partial charge < -0.3 is 24.3 Å². The molecule has 7 heteroatoms. The lowest BCUT2D eigenvalue weighted by atomic mass is 10.1. The molecule has 0 atom stereocenters. The zero-order valence-corrected chi connectivity index (χ0v) is 15.1. The van der Waals surface area contributed by atoms with Gasteiger partial charge in [-0.3, -0.25) is 9.59 Å². The van der Waals surface area contributed by atoms with Gasteiger partial charge in [-0.2, -0.15) is 0 Å². The minimum Gasteiger partial charge on any atom is -0.486 e. The van der Waals surface area contributed by atoms with Crippen molar-refractivity contribution in [2.24, 2.45) is 0 Å². The third-order valence-corrected chi connectivity index (χ3v) is 4.96.